The Morgan fingerprint density at radius 1 is 1.12 bits per heavy atom. The highest BCUT2D eigenvalue weighted by atomic mass is 79.9. The van der Waals surface area contributed by atoms with Crippen LogP contribution in [0.2, 0.25) is 5.02 Å². The standard InChI is InChI=1S/C21H19BrClNO/c22-16-12-14(21-15(13-16)9-11-25-21)7-8-17-18(4-3-5-19(17)23)20-6-1-2-10-24-20/h3-5,9,11-13H,1-2,6-8,10H2. The maximum absolute atomic E-state index is 6.56. The minimum atomic E-state index is 0.830. The van der Waals surface area contributed by atoms with Crippen molar-refractivity contribution in [3.05, 3.63) is 68.8 Å². The molecule has 0 aliphatic carbocycles. The molecule has 0 amide bonds. The van der Waals surface area contributed by atoms with Crippen molar-refractivity contribution in [2.75, 3.05) is 6.54 Å². The number of benzene rings is 2. The average molecular weight is 417 g/mol. The van der Waals surface area contributed by atoms with E-state index in [0.29, 0.717) is 0 Å². The Morgan fingerprint density at radius 2 is 2.04 bits per heavy atom. The first-order valence-electron chi connectivity index (χ1n) is 8.69. The molecule has 2 heterocycles. The van der Waals surface area contributed by atoms with Gasteiger partial charge in [-0.3, -0.25) is 4.99 Å². The summed E-state index contributed by atoms with van der Waals surface area (Å²) < 4.78 is 6.77. The number of hydrogen-bond donors (Lipinski definition) is 0. The van der Waals surface area contributed by atoms with E-state index >= 15 is 0 Å². The molecule has 0 fully saturated rings. The molecular weight excluding hydrogens is 398 g/mol. The van der Waals surface area contributed by atoms with Crippen LogP contribution in [0.1, 0.15) is 36.0 Å². The number of nitrogens with zero attached hydrogens (tertiary/aromatic N) is 1. The second-order valence-electron chi connectivity index (χ2n) is 6.46. The lowest BCUT2D eigenvalue weighted by molar-refractivity contribution is 0.610. The van der Waals surface area contributed by atoms with E-state index in [9.17, 15) is 0 Å². The van der Waals surface area contributed by atoms with Gasteiger partial charge in [0.2, 0.25) is 0 Å². The number of aliphatic imine (C=N–C) groups is 1. The van der Waals surface area contributed by atoms with Gasteiger partial charge in [0.15, 0.2) is 0 Å². The number of halogens is 2. The van der Waals surface area contributed by atoms with E-state index in [-0.39, 0.29) is 0 Å². The molecule has 2 nitrogen and oxygen atoms in total. The van der Waals surface area contributed by atoms with Crippen LogP contribution >= 0.6 is 27.5 Å². The van der Waals surface area contributed by atoms with Crippen LogP contribution in [-0.2, 0) is 12.8 Å². The lowest BCUT2D eigenvalue weighted by Crippen LogP contribution is -2.11. The Hall–Kier alpha value is -1.58. The molecule has 2 aromatic carbocycles. The number of fused-ring (bicyclic) bond motifs is 1. The van der Waals surface area contributed by atoms with Crippen LogP contribution in [0, 0.1) is 0 Å². The fraction of sp³-hybridized carbons (Fsp3) is 0.286. The zero-order valence-electron chi connectivity index (χ0n) is 13.9. The van der Waals surface area contributed by atoms with Gasteiger partial charge in [0.05, 0.1) is 6.26 Å². The molecule has 0 bridgehead atoms. The number of aryl methyl sites for hydroxylation is 1. The predicted molar refractivity (Wildman–Crippen MR) is 108 cm³/mol. The van der Waals surface area contributed by atoms with Crippen molar-refractivity contribution in [2.24, 2.45) is 4.99 Å². The third-order valence-electron chi connectivity index (χ3n) is 4.79. The quantitative estimate of drug-likeness (QED) is 0.470. The van der Waals surface area contributed by atoms with Crippen LogP contribution in [0.25, 0.3) is 11.0 Å². The van der Waals surface area contributed by atoms with E-state index < -0.39 is 0 Å². The molecule has 0 N–H and O–H groups in total. The molecule has 1 aromatic heterocycles. The van der Waals surface area contributed by atoms with Crippen LogP contribution in [0.3, 0.4) is 0 Å². The smallest absolute Gasteiger partial charge is 0.137 e. The summed E-state index contributed by atoms with van der Waals surface area (Å²) in [5, 5.41) is 1.96. The Kier molecular flexibility index (Phi) is 4.96. The van der Waals surface area contributed by atoms with Gasteiger partial charge >= 0.3 is 0 Å². The predicted octanol–water partition coefficient (Wildman–Crippen LogP) is 6.61. The molecule has 0 atom stereocenters. The molecule has 25 heavy (non-hydrogen) atoms. The van der Waals surface area contributed by atoms with Crippen molar-refractivity contribution in [3.8, 4) is 0 Å². The van der Waals surface area contributed by atoms with Crippen LogP contribution in [0.4, 0.5) is 0 Å². The highest BCUT2D eigenvalue weighted by Gasteiger charge is 2.15. The van der Waals surface area contributed by atoms with Crippen LogP contribution < -0.4 is 0 Å². The maximum atomic E-state index is 6.56. The molecular formula is C21H19BrClNO. The molecule has 0 saturated heterocycles. The highest BCUT2D eigenvalue weighted by Crippen LogP contribution is 2.29. The zero-order chi connectivity index (χ0) is 17.2. The van der Waals surface area contributed by atoms with E-state index in [4.69, 9.17) is 21.0 Å². The fourth-order valence-corrected chi connectivity index (χ4v) is 4.35. The number of hydrogen-bond acceptors (Lipinski definition) is 2. The van der Waals surface area contributed by atoms with Gasteiger partial charge in [0, 0.05) is 32.7 Å². The largest absolute Gasteiger partial charge is 0.464 e. The topological polar surface area (TPSA) is 25.5 Å². The third-order valence-corrected chi connectivity index (χ3v) is 5.60. The van der Waals surface area contributed by atoms with Crippen molar-refractivity contribution in [3.63, 3.8) is 0 Å². The van der Waals surface area contributed by atoms with Gasteiger partial charge in [-0.25, -0.2) is 0 Å². The Balaban J connectivity index is 1.66. The van der Waals surface area contributed by atoms with Crippen molar-refractivity contribution < 1.29 is 4.42 Å². The normalized spacial score (nSPS) is 14.7. The summed E-state index contributed by atoms with van der Waals surface area (Å²) >= 11 is 10.2. The third kappa shape index (κ3) is 3.54. The minimum Gasteiger partial charge on any atom is -0.464 e. The first-order chi connectivity index (χ1) is 12.2. The van der Waals surface area contributed by atoms with E-state index in [2.05, 4.69) is 34.1 Å². The van der Waals surface area contributed by atoms with Gasteiger partial charge < -0.3 is 4.42 Å². The Labute approximate surface area is 161 Å². The SMILES string of the molecule is Clc1cccc(C2=NCCCC2)c1CCc1cc(Br)cc2ccoc12. The molecule has 0 unspecified atom stereocenters. The summed E-state index contributed by atoms with van der Waals surface area (Å²) in [7, 11) is 0. The van der Waals surface area contributed by atoms with Crippen LogP contribution in [0.15, 0.2) is 56.5 Å². The van der Waals surface area contributed by atoms with Gasteiger partial charge in [-0.2, -0.15) is 0 Å². The van der Waals surface area contributed by atoms with Crippen molar-refractivity contribution in [1.82, 2.24) is 0 Å². The molecule has 0 spiro atoms. The summed E-state index contributed by atoms with van der Waals surface area (Å²) in [6.07, 6.45) is 6.95. The first-order valence-corrected chi connectivity index (χ1v) is 9.86. The molecule has 4 heteroatoms. The summed E-state index contributed by atoms with van der Waals surface area (Å²) in [6, 6.07) is 12.4. The summed E-state index contributed by atoms with van der Waals surface area (Å²) in [4.78, 5) is 4.74. The van der Waals surface area contributed by atoms with E-state index in [0.717, 1.165) is 46.3 Å². The fourth-order valence-electron chi connectivity index (χ4n) is 3.56. The maximum Gasteiger partial charge on any atom is 0.137 e. The van der Waals surface area contributed by atoms with E-state index in [1.54, 1.807) is 6.26 Å². The van der Waals surface area contributed by atoms with Gasteiger partial charge in [-0.15, -0.1) is 0 Å². The molecule has 128 valence electrons. The van der Waals surface area contributed by atoms with Gasteiger partial charge in [-0.05, 0) is 67.5 Å². The molecule has 0 radical (unpaired) electrons. The number of rotatable bonds is 4. The zero-order valence-corrected chi connectivity index (χ0v) is 16.2. The van der Waals surface area contributed by atoms with Crippen molar-refractivity contribution in [2.45, 2.75) is 32.1 Å². The summed E-state index contributed by atoms with van der Waals surface area (Å²) in [5.74, 6) is 0. The highest BCUT2D eigenvalue weighted by molar-refractivity contribution is 9.10. The molecule has 1 aliphatic rings. The van der Waals surface area contributed by atoms with Gasteiger partial charge in [0.1, 0.15) is 5.58 Å². The van der Waals surface area contributed by atoms with Crippen LogP contribution in [0.5, 0.6) is 0 Å². The molecule has 4 rings (SSSR count). The second kappa shape index (κ2) is 7.35. The Bertz CT molecular complexity index is 944. The first kappa shape index (κ1) is 16.9. The second-order valence-corrected chi connectivity index (χ2v) is 7.78. The minimum absolute atomic E-state index is 0.830. The Morgan fingerprint density at radius 3 is 2.88 bits per heavy atom. The monoisotopic (exact) mass is 415 g/mol. The van der Waals surface area contributed by atoms with Gasteiger partial charge in [0.25, 0.3) is 0 Å². The van der Waals surface area contributed by atoms with E-state index in [1.165, 1.54) is 35.2 Å². The molecule has 1 aliphatic heterocycles. The molecule has 3 aromatic rings. The molecule has 0 saturated carbocycles. The van der Waals surface area contributed by atoms with Crippen molar-refractivity contribution >= 4 is 44.2 Å². The van der Waals surface area contributed by atoms with E-state index in [1.807, 2.05) is 18.2 Å². The van der Waals surface area contributed by atoms with Crippen LogP contribution in [-0.4, -0.2) is 12.3 Å². The van der Waals surface area contributed by atoms with Gasteiger partial charge in [-0.1, -0.05) is 39.7 Å². The lowest BCUT2D eigenvalue weighted by atomic mass is 9.93. The average Bonchev–Trinajstić information content (AvgIpc) is 3.09. The summed E-state index contributed by atoms with van der Waals surface area (Å²) in [5.41, 5.74) is 5.79. The number of furan rings is 1. The summed E-state index contributed by atoms with van der Waals surface area (Å²) in [6.45, 7) is 0.930. The lowest BCUT2D eigenvalue weighted by Gasteiger charge is -2.17. The van der Waals surface area contributed by atoms with Crippen molar-refractivity contribution in [1.29, 1.82) is 0 Å².